The van der Waals surface area contributed by atoms with Crippen LogP contribution in [0.15, 0.2) is 145 Å². The molecule has 1 unspecified atom stereocenters. The van der Waals surface area contributed by atoms with Crippen LogP contribution < -0.4 is 5.32 Å². The van der Waals surface area contributed by atoms with E-state index in [1.54, 1.807) is 0 Å². The van der Waals surface area contributed by atoms with Gasteiger partial charge in [-0.1, -0.05) is 123 Å². The van der Waals surface area contributed by atoms with E-state index in [0.717, 1.165) is 17.9 Å². The number of nitrogens with one attached hydrogen (secondary N) is 1. The summed E-state index contributed by atoms with van der Waals surface area (Å²) in [6.07, 6.45) is 1.00. The van der Waals surface area contributed by atoms with Gasteiger partial charge in [0.1, 0.15) is 5.84 Å². The molecule has 0 aliphatic carbocycles. The monoisotopic (exact) mass is 624 g/mol. The first-order valence-electron chi connectivity index (χ1n) is 17.1. The number of amidine groups is 1. The van der Waals surface area contributed by atoms with E-state index in [2.05, 4.69) is 186 Å². The quantitative estimate of drug-likeness (QED) is 0.196. The minimum Gasteiger partial charge on any atom is -0.340 e. The average molecular weight is 625 g/mol. The lowest BCUT2D eigenvalue weighted by Crippen LogP contribution is -2.48. The van der Waals surface area contributed by atoms with Gasteiger partial charge in [-0.05, 0) is 126 Å². The molecule has 6 aromatic rings. The van der Waals surface area contributed by atoms with Gasteiger partial charge in [0.15, 0.2) is 0 Å². The normalized spacial score (nSPS) is 16.6. The van der Waals surface area contributed by atoms with E-state index in [-0.39, 0.29) is 11.0 Å². The van der Waals surface area contributed by atoms with E-state index in [1.807, 2.05) is 0 Å². The van der Waals surface area contributed by atoms with E-state index in [1.165, 1.54) is 66.8 Å². The average Bonchev–Trinajstić information content (AvgIpc) is 3.12. The fraction of sp³-hybridized carbons (Fsp3) is 0.196. The molecule has 1 atom stereocenters. The Morgan fingerprint density at radius 2 is 0.958 bits per heavy atom. The number of aryl methyl sites for hydroxylation is 2. The highest BCUT2D eigenvalue weighted by Crippen LogP contribution is 2.47. The standard InChI is InChI=1S/C46H44N2/c1-7-46(6)42-25-24-37(30-41(42)44(48-45(46,4)5)47-43-31(2)16-14-17-32(43)3)35-22-15-23-36(26-35)40-28-38(33-18-10-8-11-19-33)27-39(29-40)34-20-12-9-13-21-34/h8-30H,7H2,1-6H3,(H,47,48). The zero-order chi connectivity index (χ0) is 33.5. The summed E-state index contributed by atoms with van der Waals surface area (Å²) in [6, 6.07) is 50.7. The van der Waals surface area contributed by atoms with Crippen LogP contribution in [0.3, 0.4) is 0 Å². The highest BCUT2D eigenvalue weighted by atomic mass is 15.1. The molecule has 238 valence electrons. The second kappa shape index (κ2) is 12.4. The van der Waals surface area contributed by atoms with Crippen molar-refractivity contribution >= 4 is 11.5 Å². The van der Waals surface area contributed by atoms with Crippen LogP contribution in [0.1, 0.15) is 56.4 Å². The van der Waals surface area contributed by atoms with Crippen molar-refractivity contribution in [3.63, 3.8) is 0 Å². The van der Waals surface area contributed by atoms with Crippen LogP contribution in [-0.2, 0) is 5.41 Å². The molecule has 0 radical (unpaired) electrons. The fourth-order valence-electron chi connectivity index (χ4n) is 7.31. The zero-order valence-corrected chi connectivity index (χ0v) is 28.9. The van der Waals surface area contributed by atoms with E-state index < -0.39 is 0 Å². The zero-order valence-electron chi connectivity index (χ0n) is 28.9. The molecule has 0 fully saturated rings. The van der Waals surface area contributed by atoms with Crippen LogP contribution in [0.5, 0.6) is 0 Å². The molecule has 0 bridgehead atoms. The van der Waals surface area contributed by atoms with Crippen molar-refractivity contribution in [2.45, 2.75) is 58.9 Å². The van der Waals surface area contributed by atoms with E-state index in [9.17, 15) is 0 Å². The molecule has 1 N–H and O–H groups in total. The second-order valence-electron chi connectivity index (χ2n) is 14.0. The lowest BCUT2D eigenvalue weighted by Gasteiger charge is -2.46. The number of para-hydroxylation sites is 1. The van der Waals surface area contributed by atoms with Crippen LogP contribution in [0, 0.1) is 13.8 Å². The lowest BCUT2D eigenvalue weighted by molar-refractivity contribution is 0.268. The molecule has 0 saturated carbocycles. The first-order chi connectivity index (χ1) is 23.2. The van der Waals surface area contributed by atoms with Gasteiger partial charge in [0.25, 0.3) is 0 Å². The third-order valence-corrected chi connectivity index (χ3v) is 10.7. The van der Waals surface area contributed by atoms with Gasteiger partial charge in [0, 0.05) is 16.7 Å². The number of fused-ring (bicyclic) bond motifs is 1. The summed E-state index contributed by atoms with van der Waals surface area (Å²) in [5.74, 6) is 0.944. The third-order valence-electron chi connectivity index (χ3n) is 10.7. The van der Waals surface area contributed by atoms with Gasteiger partial charge in [-0.3, -0.25) is 4.99 Å². The van der Waals surface area contributed by atoms with E-state index in [0.29, 0.717) is 0 Å². The van der Waals surface area contributed by atoms with E-state index in [4.69, 9.17) is 4.99 Å². The lowest BCUT2D eigenvalue weighted by atomic mass is 9.63. The van der Waals surface area contributed by atoms with E-state index >= 15 is 0 Å². The number of nitrogens with zero attached hydrogens (tertiary/aromatic N) is 1. The Bertz CT molecular complexity index is 2060. The molecule has 7 rings (SSSR count). The fourth-order valence-corrected chi connectivity index (χ4v) is 7.31. The third kappa shape index (κ3) is 5.66. The number of hydrogen-bond acceptors (Lipinski definition) is 2. The van der Waals surface area contributed by atoms with Crippen molar-refractivity contribution in [2.24, 2.45) is 4.99 Å². The van der Waals surface area contributed by atoms with Crippen molar-refractivity contribution in [3.8, 4) is 44.5 Å². The Morgan fingerprint density at radius 1 is 0.500 bits per heavy atom. The SMILES string of the molecule is CCC1(C)c2ccc(-c3cccc(-c4cc(-c5ccccc5)cc(-c5ccccc5)c4)c3)cc2C(Nc2c(C)cccc2C)=NC1(C)C. The van der Waals surface area contributed by atoms with Gasteiger partial charge in [0.2, 0.25) is 0 Å². The topological polar surface area (TPSA) is 24.4 Å². The Balaban J connectivity index is 1.34. The van der Waals surface area contributed by atoms with Gasteiger partial charge in [-0.2, -0.15) is 0 Å². The maximum Gasteiger partial charge on any atom is 0.133 e. The molecule has 1 aliphatic rings. The summed E-state index contributed by atoms with van der Waals surface area (Å²) in [4.78, 5) is 5.44. The van der Waals surface area contributed by atoms with Gasteiger partial charge in [-0.15, -0.1) is 0 Å². The molecular formula is C46H44N2. The van der Waals surface area contributed by atoms with Gasteiger partial charge in [-0.25, -0.2) is 0 Å². The van der Waals surface area contributed by atoms with Crippen molar-refractivity contribution in [1.82, 2.24) is 0 Å². The van der Waals surface area contributed by atoms with Crippen LogP contribution >= 0.6 is 0 Å². The molecule has 2 heteroatoms. The number of rotatable bonds is 6. The first kappa shape index (κ1) is 31.4. The Labute approximate surface area is 286 Å². The Morgan fingerprint density at radius 3 is 1.52 bits per heavy atom. The molecule has 0 saturated heterocycles. The number of benzene rings is 6. The van der Waals surface area contributed by atoms with Gasteiger partial charge < -0.3 is 5.32 Å². The summed E-state index contributed by atoms with van der Waals surface area (Å²) in [5.41, 5.74) is 15.4. The molecule has 6 aromatic carbocycles. The van der Waals surface area contributed by atoms with Crippen LogP contribution in [0.4, 0.5) is 5.69 Å². The summed E-state index contributed by atoms with van der Waals surface area (Å²) in [7, 11) is 0. The number of aliphatic imine (C=N–C) groups is 1. The molecule has 48 heavy (non-hydrogen) atoms. The summed E-state index contributed by atoms with van der Waals surface area (Å²) in [6.45, 7) is 13.5. The maximum absolute atomic E-state index is 5.44. The molecule has 1 heterocycles. The van der Waals surface area contributed by atoms with Crippen LogP contribution in [0.25, 0.3) is 44.5 Å². The summed E-state index contributed by atoms with van der Waals surface area (Å²) >= 11 is 0. The summed E-state index contributed by atoms with van der Waals surface area (Å²) in [5, 5.41) is 3.80. The highest BCUT2D eigenvalue weighted by Gasteiger charge is 2.46. The minimum absolute atomic E-state index is 0.0968. The van der Waals surface area contributed by atoms with Crippen molar-refractivity contribution in [1.29, 1.82) is 0 Å². The van der Waals surface area contributed by atoms with Crippen LogP contribution in [0.2, 0.25) is 0 Å². The maximum atomic E-state index is 5.44. The predicted octanol–water partition coefficient (Wildman–Crippen LogP) is 12.3. The number of anilines is 1. The molecule has 0 spiro atoms. The molecular weight excluding hydrogens is 581 g/mol. The summed E-state index contributed by atoms with van der Waals surface area (Å²) < 4.78 is 0. The van der Waals surface area contributed by atoms with Gasteiger partial charge >= 0.3 is 0 Å². The minimum atomic E-state index is -0.269. The predicted molar refractivity (Wildman–Crippen MR) is 206 cm³/mol. The molecule has 1 aliphatic heterocycles. The highest BCUT2D eigenvalue weighted by molar-refractivity contribution is 6.11. The Kier molecular flexibility index (Phi) is 8.13. The van der Waals surface area contributed by atoms with Crippen molar-refractivity contribution in [2.75, 3.05) is 5.32 Å². The molecule has 0 aromatic heterocycles. The van der Waals surface area contributed by atoms with Gasteiger partial charge in [0.05, 0.1) is 5.54 Å². The molecule has 2 nitrogen and oxygen atoms in total. The largest absolute Gasteiger partial charge is 0.340 e. The second-order valence-corrected chi connectivity index (χ2v) is 14.0. The number of hydrogen-bond donors (Lipinski definition) is 1. The van der Waals surface area contributed by atoms with Crippen molar-refractivity contribution in [3.05, 3.63) is 162 Å². The smallest absolute Gasteiger partial charge is 0.133 e. The first-order valence-corrected chi connectivity index (χ1v) is 17.1. The van der Waals surface area contributed by atoms with Crippen molar-refractivity contribution < 1.29 is 0 Å². The molecule has 0 amide bonds. The Hall–Kier alpha value is -5.21. The van der Waals surface area contributed by atoms with Crippen LogP contribution in [-0.4, -0.2) is 11.4 Å².